The maximum atomic E-state index is 6.08. The first-order valence-electron chi connectivity index (χ1n) is 7.68. The second-order valence-corrected chi connectivity index (χ2v) is 7.69. The number of allylic oxidation sites excluding steroid dienone is 1. The minimum absolute atomic E-state index is 0.277. The van der Waals surface area contributed by atoms with E-state index >= 15 is 0 Å². The van der Waals surface area contributed by atoms with Crippen LogP contribution in [-0.4, -0.2) is 35.9 Å². The molecule has 0 amide bonds. The van der Waals surface area contributed by atoms with E-state index in [0.29, 0.717) is 0 Å². The fraction of sp³-hybridized carbons (Fsp3) is 0.867. The maximum absolute atomic E-state index is 6.08. The molecular formula is C15H32O4Si. The van der Waals surface area contributed by atoms with Crippen LogP contribution < -0.4 is 0 Å². The van der Waals surface area contributed by atoms with E-state index < -0.39 is 8.80 Å². The average Bonchev–Trinajstić information content (AvgIpc) is 2.48. The van der Waals surface area contributed by atoms with Crippen molar-refractivity contribution < 1.29 is 18.0 Å². The molecule has 0 aliphatic heterocycles. The Labute approximate surface area is 125 Å². The van der Waals surface area contributed by atoms with Gasteiger partial charge in [0.25, 0.3) is 0 Å². The summed E-state index contributed by atoms with van der Waals surface area (Å²) in [5.41, 5.74) is 0. The third-order valence-corrected chi connectivity index (χ3v) is 6.08. The van der Waals surface area contributed by atoms with Gasteiger partial charge in [-0.1, -0.05) is 45.3 Å². The van der Waals surface area contributed by atoms with Gasteiger partial charge in [-0.2, -0.15) is 0 Å². The van der Waals surface area contributed by atoms with Crippen LogP contribution in [0.2, 0.25) is 6.04 Å². The van der Waals surface area contributed by atoms with Crippen molar-refractivity contribution >= 4 is 8.80 Å². The topological polar surface area (TPSA) is 36.9 Å². The van der Waals surface area contributed by atoms with Gasteiger partial charge in [-0.25, -0.2) is 0 Å². The highest BCUT2D eigenvalue weighted by Gasteiger charge is 2.40. The molecule has 0 rings (SSSR count). The van der Waals surface area contributed by atoms with Crippen molar-refractivity contribution in [2.24, 2.45) is 0 Å². The molecule has 1 unspecified atom stereocenters. The lowest BCUT2D eigenvalue weighted by Gasteiger charge is -2.30. The number of unbranched alkanes of at least 4 members (excludes halogenated alkanes) is 2. The van der Waals surface area contributed by atoms with E-state index in [1.807, 2.05) is 13.0 Å². The van der Waals surface area contributed by atoms with E-state index in [4.69, 9.17) is 18.0 Å². The second-order valence-electron chi connectivity index (χ2n) is 4.77. The fourth-order valence-corrected chi connectivity index (χ4v) is 3.98. The zero-order valence-corrected chi connectivity index (χ0v) is 14.8. The van der Waals surface area contributed by atoms with Gasteiger partial charge in [-0.15, -0.1) is 0 Å². The van der Waals surface area contributed by atoms with Crippen LogP contribution in [0.25, 0.3) is 0 Å². The van der Waals surface area contributed by atoms with Crippen molar-refractivity contribution in [2.45, 2.75) is 65.2 Å². The van der Waals surface area contributed by atoms with Crippen LogP contribution in [0.15, 0.2) is 12.2 Å². The molecule has 0 aromatic carbocycles. The molecule has 1 atom stereocenters. The zero-order chi connectivity index (χ0) is 15.3. The molecule has 4 nitrogen and oxygen atoms in total. The molecule has 0 bridgehead atoms. The van der Waals surface area contributed by atoms with Crippen molar-refractivity contribution in [3.8, 4) is 0 Å². The largest absolute Gasteiger partial charge is 0.502 e. The molecule has 120 valence electrons. The van der Waals surface area contributed by atoms with Gasteiger partial charge in [0.15, 0.2) is 6.29 Å². The fourth-order valence-electron chi connectivity index (χ4n) is 1.91. The molecule has 0 fully saturated rings. The number of rotatable bonds is 13. The highest BCUT2D eigenvalue weighted by atomic mass is 28.4. The summed E-state index contributed by atoms with van der Waals surface area (Å²) in [5.74, 6) is 0. The summed E-state index contributed by atoms with van der Waals surface area (Å²) in [7, 11) is 0.740. The SMILES string of the molecule is CC=CCC(OCCCCC)O[Si](CCC)(OC)OC. The Morgan fingerprint density at radius 3 is 2.25 bits per heavy atom. The summed E-state index contributed by atoms with van der Waals surface area (Å²) in [6.07, 6.45) is 8.93. The van der Waals surface area contributed by atoms with Crippen LogP contribution in [0.5, 0.6) is 0 Å². The van der Waals surface area contributed by atoms with Crippen LogP contribution in [0, 0.1) is 0 Å². The number of hydrogen-bond acceptors (Lipinski definition) is 4. The molecule has 0 radical (unpaired) electrons. The molecule has 0 aliphatic carbocycles. The second kappa shape index (κ2) is 12.5. The van der Waals surface area contributed by atoms with Crippen molar-refractivity contribution in [1.29, 1.82) is 0 Å². The first kappa shape index (κ1) is 19.8. The van der Waals surface area contributed by atoms with E-state index in [-0.39, 0.29) is 6.29 Å². The Morgan fingerprint density at radius 2 is 1.75 bits per heavy atom. The molecule has 0 saturated heterocycles. The van der Waals surface area contributed by atoms with Crippen LogP contribution in [0.3, 0.4) is 0 Å². The molecule has 0 N–H and O–H groups in total. The van der Waals surface area contributed by atoms with E-state index in [1.165, 1.54) is 12.8 Å². The zero-order valence-electron chi connectivity index (χ0n) is 13.8. The highest BCUT2D eigenvalue weighted by molar-refractivity contribution is 6.60. The van der Waals surface area contributed by atoms with E-state index in [9.17, 15) is 0 Å². The predicted molar refractivity (Wildman–Crippen MR) is 84.7 cm³/mol. The van der Waals surface area contributed by atoms with Crippen molar-refractivity contribution in [3.05, 3.63) is 12.2 Å². The summed E-state index contributed by atoms with van der Waals surface area (Å²) in [6.45, 7) is 7.01. The summed E-state index contributed by atoms with van der Waals surface area (Å²) in [6, 6.07) is 0.810. The summed E-state index contributed by atoms with van der Waals surface area (Å²) >= 11 is 0. The van der Waals surface area contributed by atoms with Gasteiger partial charge in [0.05, 0.1) is 0 Å². The van der Waals surface area contributed by atoms with Gasteiger partial charge < -0.3 is 18.0 Å². The minimum atomic E-state index is -2.58. The van der Waals surface area contributed by atoms with Gasteiger partial charge in [0.1, 0.15) is 0 Å². The third-order valence-electron chi connectivity index (χ3n) is 3.11. The molecule has 0 spiro atoms. The van der Waals surface area contributed by atoms with E-state index in [1.54, 1.807) is 14.2 Å². The molecule has 0 heterocycles. The molecule has 0 aromatic heterocycles. The predicted octanol–water partition coefficient (Wildman–Crippen LogP) is 4.14. The lowest BCUT2D eigenvalue weighted by molar-refractivity contribution is -0.113. The standard InChI is InChI=1S/C15H32O4Si/c1-6-9-11-13-18-15(12-10-7-2)19-20(16-4,17-5)14-8-3/h7,10,15H,6,8-9,11-14H2,1-5H3. The minimum Gasteiger partial charge on any atom is -0.377 e. The Balaban J connectivity index is 4.49. The Bertz CT molecular complexity index is 242. The number of ether oxygens (including phenoxy) is 1. The van der Waals surface area contributed by atoms with Gasteiger partial charge in [-0.3, -0.25) is 0 Å². The molecule has 0 saturated carbocycles. The van der Waals surface area contributed by atoms with Crippen LogP contribution >= 0.6 is 0 Å². The van der Waals surface area contributed by atoms with Gasteiger partial charge >= 0.3 is 8.80 Å². The van der Waals surface area contributed by atoms with Crippen LogP contribution in [0.1, 0.15) is 52.9 Å². The average molecular weight is 305 g/mol. The Morgan fingerprint density at radius 1 is 1.05 bits per heavy atom. The normalized spacial score (nSPS) is 14.1. The van der Waals surface area contributed by atoms with Crippen LogP contribution in [-0.2, 0) is 18.0 Å². The lowest BCUT2D eigenvalue weighted by Crippen LogP contribution is -2.47. The maximum Gasteiger partial charge on any atom is 0.502 e. The first-order chi connectivity index (χ1) is 9.67. The smallest absolute Gasteiger partial charge is 0.377 e. The van der Waals surface area contributed by atoms with Crippen molar-refractivity contribution in [1.82, 2.24) is 0 Å². The van der Waals surface area contributed by atoms with Crippen molar-refractivity contribution in [2.75, 3.05) is 20.8 Å². The van der Waals surface area contributed by atoms with Gasteiger partial charge in [-0.05, 0) is 13.3 Å². The molecular weight excluding hydrogens is 272 g/mol. The molecule has 0 aromatic rings. The van der Waals surface area contributed by atoms with Crippen molar-refractivity contribution in [3.63, 3.8) is 0 Å². The Hall–Kier alpha value is -0.203. The molecule has 5 heteroatoms. The third kappa shape index (κ3) is 8.17. The van der Waals surface area contributed by atoms with Gasteiger partial charge in [0, 0.05) is 33.3 Å². The monoisotopic (exact) mass is 304 g/mol. The lowest BCUT2D eigenvalue weighted by atomic mass is 10.3. The quantitative estimate of drug-likeness (QED) is 0.222. The first-order valence-corrected chi connectivity index (χ1v) is 9.62. The molecule has 0 aliphatic rings. The van der Waals surface area contributed by atoms with Gasteiger partial charge in [0.2, 0.25) is 0 Å². The van der Waals surface area contributed by atoms with Crippen LogP contribution in [0.4, 0.5) is 0 Å². The summed E-state index contributed by atoms with van der Waals surface area (Å²) in [5, 5.41) is 0. The van der Waals surface area contributed by atoms with E-state index in [2.05, 4.69) is 19.9 Å². The number of hydrogen-bond donors (Lipinski definition) is 0. The highest BCUT2D eigenvalue weighted by Crippen LogP contribution is 2.20. The van der Waals surface area contributed by atoms with E-state index in [0.717, 1.165) is 31.9 Å². The molecule has 20 heavy (non-hydrogen) atoms. The summed E-state index contributed by atoms with van der Waals surface area (Å²) in [4.78, 5) is 0. The Kier molecular flexibility index (Phi) is 12.4. The summed E-state index contributed by atoms with van der Waals surface area (Å²) < 4.78 is 23.0.